The Kier molecular flexibility index (Phi) is 6.05. The molecular formula is C20H25ClN4O3. The molecule has 3 rings (SSSR count). The van der Waals surface area contributed by atoms with Crippen molar-refractivity contribution in [1.29, 1.82) is 0 Å². The summed E-state index contributed by atoms with van der Waals surface area (Å²) in [5.41, 5.74) is 1.42. The summed E-state index contributed by atoms with van der Waals surface area (Å²) in [6, 6.07) is 8.90. The van der Waals surface area contributed by atoms with Gasteiger partial charge in [0.1, 0.15) is 5.60 Å². The van der Waals surface area contributed by atoms with Crippen molar-refractivity contribution in [2.24, 2.45) is 0 Å². The third-order valence-corrected chi connectivity index (χ3v) is 4.69. The lowest BCUT2D eigenvalue weighted by Crippen LogP contribution is -2.46. The van der Waals surface area contributed by atoms with Crippen LogP contribution in [0.15, 0.2) is 36.5 Å². The van der Waals surface area contributed by atoms with Crippen molar-refractivity contribution in [2.75, 3.05) is 31.1 Å². The summed E-state index contributed by atoms with van der Waals surface area (Å²) >= 11 is 5.89. The van der Waals surface area contributed by atoms with Crippen molar-refractivity contribution in [3.8, 4) is 5.75 Å². The van der Waals surface area contributed by atoms with Crippen molar-refractivity contribution in [2.45, 2.75) is 32.9 Å². The van der Waals surface area contributed by atoms with E-state index in [9.17, 15) is 10.1 Å². The standard InChI is InChI=1S/C20H25ClN4O3/c1-20(2,3)28-19-12-17(6-7-18(19)25(26)27)24-10-8-23(9-11-24)14-16-5-4-15(21)13-22-16/h4-7,12-13H,8-11,14H2,1-3H3. The number of nitro benzene ring substituents is 1. The highest BCUT2D eigenvalue weighted by atomic mass is 35.5. The Labute approximate surface area is 170 Å². The van der Waals surface area contributed by atoms with E-state index in [1.807, 2.05) is 32.9 Å². The molecule has 0 unspecified atom stereocenters. The Balaban J connectivity index is 1.67. The Bertz CT molecular complexity index is 828. The van der Waals surface area contributed by atoms with Crippen LogP contribution in [0.1, 0.15) is 26.5 Å². The highest BCUT2D eigenvalue weighted by molar-refractivity contribution is 6.30. The molecule has 0 saturated carbocycles. The largest absolute Gasteiger partial charge is 0.481 e. The van der Waals surface area contributed by atoms with E-state index in [2.05, 4.69) is 14.8 Å². The monoisotopic (exact) mass is 404 g/mol. The molecule has 0 N–H and O–H groups in total. The highest BCUT2D eigenvalue weighted by Crippen LogP contribution is 2.34. The fourth-order valence-electron chi connectivity index (χ4n) is 3.16. The molecule has 0 aliphatic carbocycles. The number of anilines is 1. The number of nitro groups is 1. The number of pyridine rings is 1. The first-order valence-electron chi connectivity index (χ1n) is 9.26. The minimum absolute atomic E-state index is 0.00822. The lowest BCUT2D eigenvalue weighted by molar-refractivity contribution is -0.386. The molecule has 28 heavy (non-hydrogen) atoms. The summed E-state index contributed by atoms with van der Waals surface area (Å²) in [5, 5.41) is 12.0. The number of halogens is 1. The van der Waals surface area contributed by atoms with Crippen LogP contribution in [0, 0.1) is 10.1 Å². The molecule has 1 aromatic heterocycles. The molecule has 1 saturated heterocycles. The second-order valence-corrected chi connectivity index (χ2v) is 8.29. The number of rotatable bonds is 5. The van der Waals surface area contributed by atoms with Gasteiger partial charge in [0.2, 0.25) is 0 Å². The minimum Gasteiger partial charge on any atom is -0.481 e. The average Bonchev–Trinajstić information content (AvgIpc) is 2.63. The quantitative estimate of drug-likeness (QED) is 0.550. The molecule has 1 aliphatic rings. The minimum atomic E-state index is -0.506. The van der Waals surface area contributed by atoms with E-state index in [1.165, 1.54) is 6.07 Å². The molecule has 1 fully saturated rings. The molecule has 0 bridgehead atoms. The van der Waals surface area contributed by atoms with Crippen LogP contribution < -0.4 is 9.64 Å². The average molecular weight is 405 g/mol. The number of hydrogen-bond acceptors (Lipinski definition) is 6. The molecule has 7 nitrogen and oxygen atoms in total. The zero-order valence-corrected chi connectivity index (χ0v) is 17.1. The molecule has 2 heterocycles. The molecule has 2 aromatic rings. The van der Waals surface area contributed by atoms with Gasteiger partial charge in [-0.15, -0.1) is 0 Å². The number of nitrogens with zero attached hydrogens (tertiary/aromatic N) is 4. The first-order chi connectivity index (χ1) is 13.2. The maximum atomic E-state index is 11.3. The van der Waals surface area contributed by atoms with Crippen molar-refractivity contribution in [1.82, 2.24) is 9.88 Å². The van der Waals surface area contributed by atoms with Gasteiger partial charge in [-0.3, -0.25) is 20.0 Å². The number of benzene rings is 1. The summed E-state index contributed by atoms with van der Waals surface area (Å²) in [7, 11) is 0. The van der Waals surface area contributed by atoms with Gasteiger partial charge in [-0.2, -0.15) is 0 Å². The SMILES string of the molecule is CC(C)(C)Oc1cc(N2CCN(Cc3ccc(Cl)cn3)CC2)ccc1[N+](=O)[O-]. The van der Waals surface area contributed by atoms with Crippen molar-refractivity contribution in [3.63, 3.8) is 0 Å². The van der Waals surface area contributed by atoms with E-state index in [4.69, 9.17) is 16.3 Å². The van der Waals surface area contributed by atoms with Gasteiger partial charge in [0.15, 0.2) is 5.75 Å². The second-order valence-electron chi connectivity index (χ2n) is 7.85. The van der Waals surface area contributed by atoms with E-state index >= 15 is 0 Å². The summed E-state index contributed by atoms with van der Waals surface area (Å²) in [6.07, 6.45) is 1.67. The van der Waals surface area contributed by atoms with Crippen molar-refractivity contribution in [3.05, 3.63) is 57.4 Å². The Morgan fingerprint density at radius 2 is 1.89 bits per heavy atom. The molecule has 0 amide bonds. The van der Waals surface area contributed by atoms with Gasteiger partial charge in [-0.05, 0) is 39.0 Å². The molecular weight excluding hydrogens is 380 g/mol. The molecule has 0 radical (unpaired) electrons. The molecule has 1 aliphatic heterocycles. The smallest absolute Gasteiger partial charge is 0.311 e. The first-order valence-corrected chi connectivity index (χ1v) is 9.64. The van der Waals surface area contributed by atoms with E-state index in [1.54, 1.807) is 18.3 Å². The van der Waals surface area contributed by atoms with Crippen LogP contribution in [0.25, 0.3) is 0 Å². The van der Waals surface area contributed by atoms with Crippen LogP contribution in [0.2, 0.25) is 5.02 Å². The zero-order valence-electron chi connectivity index (χ0n) is 16.4. The van der Waals surface area contributed by atoms with E-state index in [0.717, 1.165) is 44.1 Å². The maximum absolute atomic E-state index is 11.3. The van der Waals surface area contributed by atoms with Gasteiger partial charge in [0.05, 0.1) is 15.6 Å². The van der Waals surface area contributed by atoms with Gasteiger partial charge in [0, 0.05) is 56.7 Å². The number of ether oxygens (including phenoxy) is 1. The third kappa shape index (κ3) is 5.33. The van der Waals surface area contributed by atoms with E-state index in [-0.39, 0.29) is 5.69 Å². The van der Waals surface area contributed by atoms with Crippen LogP contribution in [0.4, 0.5) is 11.4 Å². The van der Waals surface area contributed by atoms with Crippen LogP contribution in [-0.4, -0.2) is 46.6 Å². The predicted octanol–water partition coefficient (Wildman–Crippen LogP) is 4.14. The lowest BCUT2D eigenvalue weighted by atomic mass is 10.1. The summed E-state index contributed by atoms with van der Waals surface area (Å²) in [6.45, 7) is 9.87. The summed E-state index contributed by atoms with van der Waals surface area (Å²) in [5.74, 6) is 0.308. The zero-order chi connectivity index (χ0) is 20.3. The summed E-state index contributed by atoms with van der Waals surface area (Å²) < 4.78 is 5.84. The molecule has 0 atom stereocenters. The van der Waals surface area contributed by atoms with Gasteiger partial charge in [-0.1, -0.05) is 11.6 Å². The van der Waals surface area contributed by atoms with E-state index in [0.29, 0.717) is 10.8 Å². The predicted molar refractivity (Wildman–Crippen MR) is 110 cm³/mol. The van der Waals surface area contributed by atoms with Crippen molar-refractivity contribution < 1.29 is 9.66 Å². The Morgan fingerprint density at radius 1 is 1.18 bits per heavy atom. The molecule has 8 heteroatoms. The fraction of sp³-hybridized carbons (Fsp3) is 0.450. The van der Waals surface area contributed by atoms with Crippen LogP contribution >= 0.6 is 11.6 Å². The lowest BCUT2D eigenvalue weighted by Gasteiger charge is -2.36. The number of aromatic nitrogens is 1. The van der Waals surface area contributed by atoms with Gasteiger partial charge in [0.25, 0.3) is 0 Å². The van der Waals surface area contributed by atoms with Gasteiger partial charge < -0.3 is 9.64 Å². The van der Waals surface area contributed by atoms with Crippen LogP contribution in [-0.2, 0) is 6.54 Å². The maximum Gasteiger partial charge on any atom is 0.311 e. The molecule has 0 spiro atoms. The van der Waals surface area contributed by atoms with Gasteiger partial charge in [-0.25, -0.2) is 0 Å². The van der Waals surface area contributed by atoms with Gasteiger partial charge >= 0.3 is 5.69 Å². The van der Waals surface area contributed by atoms with Crippen LogP contribution in [0.3, 0.4) is 0 Å². The third-order valence-electron chi connectivity index (χ3n) is 4.47. The second kappa shape index (κ2) is 8.32. The highest BCUT2D eigenvalue weighted by Gasteiger charge is 2.24. The molecule has 150 valence electrons. The van der Waals surface area contributed by atoms with Crippen LogP contribution in [0.5, 0.6) is 5.75 Å². The van der Waals surface area contributed by atoms with Crippen molar-refractivity contribution >= 4 is 23.0 Å². The molecule has 1 aromatic carbocycles. The normalized spacial score (nSPS) is 15.5. The first kappa shape index (κ1) is 20.4. The Morgan fingerprint density at radius 3 is 2.46 bits per heavy atom. The van der Waals surface area contributed by atoms with E-state index < -0.39 is 10.5 Å². The Hall–Kier alpha value is -2.38. The number of hydrogen-bond donors (Lipinski definition) is 0. The fourth-order valence-corrected chi connectivity index (χ4v) is 3.27. The number of piperazine rings is 1. The topological polar surface area (TPSA) is 71.7 Å². The summed E-state index contributed by atoms with van der Waals surface area (Å²) in [4.78, 5) is 19.8.